The van der Waals surface area contributed by atoms with Crippen LogP contribution in [0.5, 0.6) is 0 Å². The number of hydrogen-bond donors (Lipinski definition) is 3. The Labute approximate surface area is 141 Å². The van der Waals surface area contributed by atoms with Crippen molar-refractivity contribution in [3.8, 4) is 0 Å². The molecule has 3 N–H and O–H groups in total. The molecule has 1 rings (SSSR count). The number of carbonyl (C=O) groups is 1. The molecular formula is C18H36N2O3. The second-order valence-corrected chi connectivity index (χ2v) is 8.66. The van der Waals surface area contributed by atoms with Crippen LogP contribution >= 0.6 is 0 Å². The van der Waals surface area contributed by atoms with E-state index in [1.165, 1.54) is 0 Å². The third-order valence-corrected chi connectivity index (χ3v) is 4.16. The fraction of sp³-hybridized carbons (Fsp3) is 0.944. The molecule has 5 nitrogen and oxygen atoms in total. The third-order valence-electron chi connectivity index (χ3n) is 4.16. The van der Waals surface area contributed by atoms with Crippen molar-refractivity contribution in [2.75, 3.05) is 13.1 Å². The first kappa shape index (κ1) is 20.2. The van der Waals surface area contributed by atoms with Gasteiger partial charge in [0.15, 0.2) is 0 Å². The summed E-state index contributed by atoms with van der Waals surface area (Å²) < 4.78 is 5.28. The van der Waals surface area contributed by atoms with Gasteiger partial charge < -0.3 is 20.5 Å². The number of carbonyl (C=O) groups excluding carboxylic acids is 1. The van der Waals surface area contributed by atoms with Crippen molar-refractivity contribution in [3.63, 3.8) is 0 Å². The van der Waals surface area contributed by atoms with Crippen LogP contribution in [0.3, 0.4) is 0 Å². The molecule has 0 saturated heterocycles. The van der Waals surface area contributed by atoms with E-state index in [0.717, 1.165) is 25.7 Å². The second-order valence-electron chi connectivity index (χ2n) is 8.66. The summed E-state index contributed by atoms with van der Waals surface area (Å²) in [5.74, 6) is 0.873. The van der Waals surface area contributed by atoms with Gasteiger partial charge in [0.1, 0.15) is 5.60 Å². The van der Waals surface area contributed by atoms with E-state index in [0.29, 0.717) is 31.0 Å². The summed E-state index contributed by atoms with van der Waals surface area (Å²) in [4.78, 5) is 11.8. The van der Waals surface area contributed by atoms with Gasteiger partial charge in [-0.1, -0.05) is 20.3 Å². The Kier molecular flexibility index (Phi) is 7.33. The van der Waals surface area contributed by atoms with E-state index in [4.69, 9.17) is 4.74 Å². The van der Waals surface area contributed by atoms with Crippen molar-refractivity contribution in [3.05, 3.63) is 0 Å². The highest BCUT2D eigenvalue weighted by atomic mass is 16.6. The van der Waals surface area contributed by atoms with Crippen molar-refractivity contribution >= 4 is 6.09 Å². The van der Waals surface area contributed by atoms with Gasteiger partial charge in [-0.15, -0.1) is 0 Å². The standard InChI is InChI=1S/C18H36N2O3/c1-13(2)10-18(6,22)12-20-15-9-7-8-14(15)11-19-16(21)23-17(3,4)5/h13-15,20,22H,7-12H2,1-6H3,(H,19,21). The van der Waals surface area contributed by atoms with Crippen molar-refractivity contribution in [1.82, 2.24) is 10.6 Å². The quantitative estimate of drug-likeness (QED) is 0.672. The van der Waals surface area contributed by atoms with Crippen LogP contribution in [-0.4, -0.2) is 41.5 Å². The number of aliphatic hydroxyl groups is 1. The SMILES string of the molecule is CC(C)CC(C)(O)CNC1CCCC1CNC(=O)OC(C)(C)C. The molecule has 0 radical (unpaired) electrons. The lowest BCUT2D eigenvalue weighted by Gasteiger charge is -2.30. The summed E-state index contributed by atoms with van der Waals surface area (Å²) in [7, 11) is 0. The molecule has 1 fully saturated rings. The highest BCUT2D eigenvalue weighted by Crippen LogP contribution is 2.26. The van der Waals surface area contributed by atoms with Crippen LogP contribution in [-0.2, 0) is 4.74 Å². The second kappa shape index (κ2) is 8.34. The lowest BCUT2D eigenvalue weighted by atomic mass is 9.93. The predicted octanol–water partition coefficient (Wildman–Crippen LogP) is 3.07. The summed E-state index contributed by atoms with van der Waals surface area (Å²) >= 11 is 0. The van der Waals surface area contributed by atoms with Crippen molar-refractivity contribution < 1.29 is 14.6 Å². The molecule has 1 aliphatic carbocycles. The van der Waals surface area contributed by atoms with Gasteiger partial charge in [-0.3, -0.25) is 0 Å². The van der Waals surface area contributed by atoms with Gasteiger partial charge in [0.05, 0.1) is 5.60 Å². The van der Waals surface area contributed by atoms with Gasteiger partial charge in [0.25, 0.3) is 0 Å². The van der Waals surface area contributed by atoms with Crippen LogP contribution in [0, 0.1) is 11.8 Å². The van der Waals surface area contributed by atoms with Crippen LogP contribution < -0.4 is 10.6 Å². The van der Waals surface area contributed by atoms with E-state index < -0.39 is 11.2 Å². The molecule has 0 aliphatic heterocycles. The lowest BCUT2D eigenvalue weighted by Crippen LogP contribution is -2.46. The first-order valence-corrected chi connectivity index (χ1v) is 8.91. The number of nitrogens with one attached hydrogen (secondary N) is 2. The molecule has 0 aromatic rings. The molecule has 3 atom stereocenters. The fourth-order valence-electron chi connectivity index (χ4n) is 3.38. The smallest absolute Gasteiger partial charge is 0.407 e. The molecule has 0 aromatic carbocycles. The summed E-state index contributed by atoms with van der Waals surface area (Å²) in [6.07, 6.45) is 3.78. The summed E-state index contributed by atoms with van der Waals surface area (Å²) in [6, 6.07) is 0.351. The maximum Gasteiger partial charge on any atom is 0.407 e. The molecule has 0 bridgehead atoms. The van der Waals surface area contributed by atoms with Gasteiger partial charge in [-0.25, -0.2) is 4.79 Å². The lowest BCUT2D eigenvalue weighted by molar-refractivity contribution is 0.0339. The van der Waals surface area contributed by atoms with Gasteiger partial charge in [0, 0.05) is 19.1 Å². The molecule has 0 aromatic heterocycles. The van der Waals surface area contributed by atoms with Gasteiger partial charge in [0.2, 0.25) is 0 Å². The topological polar surface area (TPSA) is 70.6 Å². The molecular weight excluding hydrogens is 292 g/mol. The fourth-order valence-corrected chi connectivity index (χ4v) is 3.38. The molecule has 23 heavy (non-hydrogen) atoms. The Morgan fingerprint density at radius 3 is 2.48 bits per heavy atom. The van der Waals surface area contributed by atoms with Gasteiger partial charge in [-0.2, -0.15) is 0 Å². The van der Waals surface area contributed by atoms with Crippen LogP contribution in [0.25, 0.3) is 0 Å². The van der Waals surface area contributed by atoms with E-state index in [2.05, 4.69) is 24.5 Å². The summed E-state index contributed by atoms with van der Waals surface area (Å²) in [6.45, 7) is 13.0. The summed E-state index contributed by atoms with van der Waals surface area (Å²) in [5, 5.41) is 16.8. The highest BCUT2D eigenvalue weighted by molar-refractivity contribution is 5.67. The van der Waals surface area contributed by atoms with E-state index in [1.807, 2.05) is 27.7 Å². The molecule has 0 spiro atoms. The number of alkyl carbamates (subject to hydrolysis) is 1. The van der Waals surface area contributed by atoms with E-state index in [-0.39, 0.29) is 6.09 Å². The van der Waals surface area contributed by atoms with Crippen LogP contribution in [0.15, 0.2) is 0 Å². The van der Waals surface area contributed by atoms with E-state index in [9.17, 15) is 9.90 Å². The normalized spacial score (nSPS) is 24.5. The zero-order valence-corrected chi connectivity index (χ0v) is 15.7. The predicted molar refractivity (Wildman–Crippen MR) is 93.4 cm³/mol. The van der Waals surface area contributed by atoms with Crippen molar-refractivity contribution in [2.45, 2.75) is 84.5 Å². The van der Waals surface area contributed by atoms with E-state index >= 15 is 0 Å². The molecule has 0 heterocycles. The molecule has 5 heteroatoms. The van der Waals surface area contributed by atoms with Gasteiger partial charge in [-0.05, 0) is 58.8 Å². The summed E-state index contributed by atoms with van der Waals surface area (Å²) in [5.41, 5.74) is -1.15. The minimum absolute atomic E-state index is 0.351. The molecule has 3 unspecified atom stereocenters. The highest BCUT2D eigenvalue weighted by Gasteiger charge is 2.30. The molecule has 1 saturated carbocycles. The number of amides is 1. The molecule has 1 aliphatic rings. The zero-order chi connectivity index (χ0) is 17.7. The van der Waals surface area contributed by atoms with Gasteiger partial charge >= 0.3 is 6.09 Å². The molecule has 136 valence electrons. The maximum absolute atomic E-state index is 11.8. The van der Waals surface area contributed by atoms with Crippen LogP contribution in [0.2, 0.25) is 0 Å². The number of hydrogen-bond acceptors (Lipinski definition) is 4. The maximum atomic E-state index is 11.8. The number of ether oxygens (including phenoxy) is 1. The largest absolute Gasteiger partial charge is 0.444 e. The van der Waals surface area contributed by atoms with Crippen LogP contribution in [0.1, 0.15) is 67.2 Å². The average molecular weight is 328 g/mol. The van der Waals surface area contributed by atoms with E-state index in [1.54, 1.807) is 0 Å². The van der Waals surface area contributed by atoms with Crippen molar-refractivity contribution in [2.24, 2.45) is 11.8 Å². The Morgan fingerprint density at radius 2 is 1.91 bits per heavy atom. The first-order valence-electron chi connectivity index (χ1n) is 8.91. The number of rotatable bonds is 7. The van der Waals surface area contributed by atoms with Crippen molar-refractivity contribution in [1.29, 1.82) is 0 Å². The minimum Gasteiger partial charge on any atom is -0.444 e. The Morgan fingerprint density at radius 1 is 1.26 bits per heavy atom. The Bertz CT molecular complexity index is 375. The Hall–Kier alpha value is -0.810. The minimum atomic E-state index is -0.681. The van der Waals surface area contributed by atoms with Crippen LogP contribution in [0.4, 0.5) is 4.79 Å². The monoisotopic (exact) mass is 328 g/mol. The average Bonchev–Trinajstić information content (AvgIpc) is 2.77. The Balaban J connectivity index is 2.38. The third kappa shape index (κ3) is 8.56. The molecule has 1 amide bonds. The first-order chi connectivity index (χ1) is 10.5. The zero-order valence-electron chi connectivity index (χ0n) is 15.7.